The highest BCUT2D eigenvalue weighted by molar-refractivity contribution is 9.10. The second kappa shape index (κ2) is 6.75. The highest BCUT2D eigenvalue weighted by atomic mass is 79.9. The van der Waals surface area contributed by atoms with Gasteiger partial charge in [-0.25, -0.2) is 0 Å². The number of carbonyl (C=O) groups is 2. The van der Waals surface area contributed by atoms with Gasteiger partial charge in [-0.15, -0.1) is 0 Å². The number of carbonyl (C=O) groups excluding carboxylic acids is 2. The molecule has 1 N–H and O–H groups in total. The molecule has 0 aliphatic rings. The van der Waals surface area contributed by atoms with Crippen LogP contribution in [0.4, 0.5) is 0 Å². The zero-order valence-electron chi connectivity index (χ0n) is 10.2. The summed E-state index contributed by atoms with van der Waals surface area (Å²) in [5.74, 6) is -0.432. The monoisotopic (exact) mass is 332 g/mol. The SMILES string of the molecule is CCN(CC(=O)NC)C(=O)c1cc(Cl)ccc1Br. The maximum absolute atomic E-state index is 12.3. The first-order valence-electron chi connectivity index (χ1n) is 5.44. The van der Waals surface area contributed by atoms with Crippen LogP contribution in [0.2, 0.25) is 5.02 Å². The Bertz CT molecular complexity index is 465. The molecular formula is C12H14BrClN2O2. The van der Waals surface area contributed by atoms with Gasteiger partial charge in [-0.1, -0.05) is 11.6 Å². The van der Waals surface area contributed by atoms with Crippen molar-refractivity contribution in [3.05, 3.63) is 33.3 Å². The van der Waals surface area contributed by atoms with Gasteiger partial charge in [-0.2, -0.15) is 0 Å². The fraction of sp³-hybridized carbons (Fsp3) is 0.333. The van der Waals surface area contributed by atoms with Crippen molar-refractivity contribution < 1.29 is 9.59 Å². The molecule has 2 amide bonds. The maximum Gasteiger partial charge on any atom is 0.255 e. The van der Waals surface area contributed by atoms with Crippen molar-refractivity contribution in [1.82, 2.24) is 10.2 Å². The van der Waals surface area contributed by atoms with Crippen LogP contribution < -0.4 is 5.32 Å². The van der Waals surface area contributed by atoms with E-state index in [0.717, 1.165) is 0 Å². The standard InChI is InChI=1S/C12H14BrClN2O2/c1-3-16(7-11(17)15-2)12(18)9-6-8(14)4-5-10(9)13/h4-6H,3,7H2,1-2H3,(H,15,17). The number of nitrogens with one attached hydrogen (secondary N) is 1. The molecule has 1 rings (SSSR count). The molecular weight excluding hydrogens is 320 g/mol. The summed E-state index contributed by atoms with van der Waals surface area (Å²) < 4.78 is 0.659. The topological polar surface area (TPSA) is 49.4 Å². The molecule has 0 saturated carbocycles. The van der Waals surface area contributed by atoms with E-state index in [-0.39, 0.29) is 18.4 Å². The Kier molecular flexibility index (Phi) is 5.62. The molecule has 0 aliphatic carbocycles. The van der Waals surface area contributed by atoms with Crippen LogP contribution in [0.25, 0.3) is 0 Å². The Morgan fingerprint density at radius 2 is 2.11 bits per heavy atom. The molecule has 1 aromatic rings. The van der Waals surface area contributed by atoms with Crippen LogP contribution in [0.1, 0.15) is 17.3 Å². The van der Waals surface area contributed by atoms with Gasteiger partial charge in [-0.05, 0) is 41.1 Å². The number of benzene rings is 1. The van der Waals surface area contributed by atoms with Crippen LogP contribution in [0.5, 0.6) is 0 Å². The fourth-order valence-electron chi connectivity index (χ4n) is 1.41. The Hall–Kier alpha value is -1.07. The van der Waals surface area contributed by atoms with Gasteiger partial charge >= 0.3 is 0 Å². The van der Waals surface area contributed by atoms with Crippen molar-refractivity contribution in [2.75, 3.05) is 20.1 Å². The fourth-order valence-corrected chi connectivity index (χ4v) is 2.00. The lowest BCUT2D eigenvalue weighted by atomic mass is 10.2. The summed E-state index contributed by atoms with van der Waals surface area (Å²) in [7, 11) is 1.54. The first-order valence-corrected chi connectivity index (χ1v) is 6.61. The third-order valence-corrected chi connectivity index (χ3v) is 3.37. The molecule has 1 aromatic carbocycles. The molecule has 0 aliphatic heterocycles. The lowest BCUT2D eigenvalue weighted by Gasteiger charge is -2.20. The Morgan fingerprint density at radius 1 is 1.44 bits per heavy atom. The zero-order valence-corrected chi connectivity index (χ0v) is 12.5. The van der Waals surface area contributed by atoms with Gasteiger partial charge in [0.25, 0.3) is 5.91 Å². The molecule has 18 heavy (non-hydrogen) atoms. The molecule has 98 valence electrons. The largest absolute Gasteiger partial charge is 0.358 e. The number of halogens is 2. The number of amides is 2. The average molecular weight is 334 g/mol. The summed E-state index contributed by atoms with van der Waals surface area (Å²) in [6.45, 7) is 2.30. The summed E-state index contributed by atoms with van der Waals surface area (Å²) in [5, 5.41) is 2.98. The second-order valence-electron chi connectivity index (χ2n) is 3.62. The van der Waals surface area contributed by atoms with Crippen LogP contribution in [-0.2, 0) is 4.79 Å². The molecule has 4 nitrogen and oxygen atoms in total. The summed E-state index contributed by atoms with van der Waals surface area (Å²) in [6.07, 6.45) is 0. The van der Waals surface area contributed by atoms with Gasteiger partial charge in [-0.3, -0.25) is 9.59 Å². The number of nitrogens with zero attached hydrogens (tertiary/aromatic N) is 1. The van der Waals surface area contributed by atoms with Gasteiger partial charge in [0.2, 0.25) is 5.91 Å². The average Bonchev–Trinajstić information content (AvgIpc) is 2.37. The summed E-state index contributed by atoms with van der Waals surface area (Å²) in [4.78, 5) is 25.0. The summed E-state index contributed by atoms with van der Waals surface area (Å²) >= 11 is 9.18. The highest BCUT2D eigenvalue weighted by Crippen LogP contribution is 2.22. The molecule has 6 heteroatoms. The highest BCUT2D eigenvalue weighted by Gasteiger charge is 2.19. The van der Waals surface area contributed by atoms with E-state index in [1.165, 1.54) is 11.9 Å². The maximum atomic E-state index is 12.3. The first-order chi connectivity index (χ1) is 8.49. The van der Waals surface area contributed by atoms with E-state index in [1.54, 1.807) is 18.2 Å². The van der Waals surface area contributed by atoms with Crippen molar-refractivity contribution in [2.45, 2.75) is 6.92 Å². The Labute approximate surface area is 119 Å². The van der Waals surface area contributed by atoms with Gasteiger partial charge in [0.1, 0.15) is 0 Å². The molecule has 0 atom stereocenters. The molecule has 0 spiro atoms. The van der Waals surface area contributed by atoms with Crippen LogP contribution in [0, 0.1) is 0 Å². The minimum Gasteiger partial charge on any atom is -0.358 e. The minimum atomic E-state index is -0.226. The quantitative estimate of drug-likeness (QED) is 0.919. The smallest absolute Gasteiger partial charge is 0.255 e. The van der Waals surface area contributed by atoms with E-state index in [1.807, 2.05) is 6.92 Å². The summed E-state index contributed by atoms with van der Waals surface area (Å²) in [5.41, 5.74) is 0.452. The minimum absolute atomic E-state index is 0.0325. The van der Waals surface area contributed by atoms with Crippen molar-refractivity contribution in [1.29, 1.82) is 0 Å². The van der Waals surface area contributed by atoms with Crippen LogP contribution in [0.15, 0.2) is 22.7 Å². The number of hydrogen-bond donors (Lipinski definition) is 1. The van der Waals surface area contributed by atoms with Gasteiger partial charge in [0.15, 0.2) is 0 Å². The Morgan fingerprint density at radius 3 is 2.67 bits per heavy atom. The zero-order chi connectivity index (χ0) is 13.7. The predicted octanol–water partition coefficient (Wildman–Crippen LogP) is 2.31. The van der Waals surface area contributed by atoms with E-state index in [4.69, 9.17) is 11.6 Å². The molecule has 0 unspecified atom stereocenters. The number of hydrogen-bond acceptors (Lipinski definition) is 2. The molecule has 0 bridgehead atoms. The van der Waals surface area contributed by atoms with Crippen molar-refractivity contribution in [2.24, 2.45) is 0 Å². The predicted molar refractivity (Wildman–Crippen MR) is 74.8 cm³/mol. The molecule has 0 aromatic heterocycles. The van der Waals surface area contributed by atoms with E-state index in [9.17, 15) is 9.59 Å². The van der Waals surface area contributed by atoms with E-state index < -0.39 is 0 Å². The Balaban J connectivity index is 2.96. The third kappa shape index (κ3) is 3.71. The first kappa shape index (κ1) is 15.0. The lowest BCUT2D eigenvalue weighted by Crippen LogP contribution is -2.39. The summed E-state index contributed by atoms with van der Waals surface area (Å²) in [6, 6.07) is 4.99. The van der Waals surface area contributed by atoms with E-state index in [2.05, 4.69) is 21.2 Å². The lowest BCUT2D eigenvalue weighted by molar-refractivity contribution is -0.121. The van der Waals surface area contributed by atoms with E-state index >= 15 is 0 Å². The van der Waals surface area contributed by atoms with Gasteiger partial charge in [0, 0.05) is 23.1 Å². The van der Waals surface area contributed by atoms with Crippen molar-refractivity contribution in [3.63, 3.8) is 0 Å². The molecule has 0 fully saturated rings. The van der Waals surface area contributed by atoms with Crippen molar-refractivity contribution in [3.8, 4) is 0 Å². The van der Waals surface area contributed by atoms with Gasteiger partial charge in [0.05, 0.1) is 12.1 Å². The van der Waals surface area contributed by atoms with Crippen LogP contribution in [0.3, 0.4) is 0 Å². The second-order valence-corrected chi connectivity index (χ2v) is 4.91. The van der Waals surface area contributed by atoms with Gasteiger partial charge < -0.3 is 10.2 Å². The normalized spacial score (nSPS) is 10.0. The van der Waals surface area contributed by atoms with E-state index in [0.29, 0.717) is 21.6 Å². The molecule has 0 heterocycles. The van der Waals surface area contributed by atoms with Crippen LogP contribution in [-0.4, -0.2) is 36.9 Å². The molecule has 0 radical (unpaired) electrons. The van der Waals surface area contributed by atoms with Crippen LogP contribution >= 0.6 is 27.5 Å². The van der Waals surface area contributed by atoms with Crippen molar-refractivity contribution >= 4 is 39.3 Å². The third-order valence-electron chi connectivity index (χ3n) is 2.44. The number of likely N-dealkylation sites (N-methyl/N-ethyl adjacent to an activating group) is 2. The number of rotatable bonds is 4. The molecule has 0 saturated heterocycles.